The molecule has 2 N–H and O–H groups in total. The largest absolute Gasteiger partial charge is 0.419 e. The van der Waals surface area contributed by atoms with E-state index in [0.717, 1.165) is 25.8 Å². The van der Waals surface area contributed by atoms with E-state index in [1.807, 2.05) is 0 Å². The number of nitrogens with one attached hydrogen (secondary N) is 2. The highest BCUT2D eigenvalue weighted by molar-refractivity contribution is 7.89. The number of aryl methyl sites for hydroxylation is 1. The Bertz CT molecular complexity index is 829. The van der Waals surface area contributed by atoms with Crippen molar-refractivity contribution in [1.29, 1.82) is 0 Å². The summed E-state index contributed by atoms with van der Waals surface area (Å²) in [6.45, 7) is 1.54. The molecule has 2 aromatic rings. The van der Waals surface area contributed by atoms with Gasteiger partial charge in [0.2, 0.25) is 10.0 Å². The molecule has 120 valence electrons. The molecule has 1 unspecified atom stereocenters. The minimum absolute atomic E-state index is 0.110. The molecule has 0 amide bonds. The van der Waals surface area contributed by atoms with Crippen molar-refractivity contribution >= 4 is 21.1 Å². The molecule has 7 nitrogen and oxygen atoms in total. The van der Waals surface area contributed by atoms with Gasteiger partial charge in [-0.1, -0.05) is 6.42 Å². The van der Waals surface area contributed by atoms with Gasteiger partial charge in [-0.3, -0.25) is 4.57 Å². The third-order valence-corrected chi connectivity index (χ3v) is 5.46. The van der Waals surface area contributed by atoms with E-state index in [0.29, 0.717) is 12.1 Å². The Balaban J connectivity index is 1.89. The average molecular weight is 325 g/mol. The summed E-state index contributed by atoms with van der Waals surface area (Å²) in [5.74, 6) is -0.509. The molecule has 0 spiro atoms. The van der Waals surface area contributed by atoms with Gasteiger partial charge in [-0.15, -0.1) is 0 Å². The van der Waals surface area contributed by atoms with Crippen LogP contribution in [0.2, 0.25) is 0 Å². The first-order chi connectivity index (χ1) is 10.5. The van der Waals surface area contributed by atoms with E-state index in [9.17, 15) is 13.2 Å². The fourth-order valence-corrected chi connectivity index (χ4v) is 3.97. The van der Waals surface area contributed by atoms with Crippen LogP contribution < -0.4 is 15.8 Å². The molecule has 1 saturated heterocycles. The molecule has 1 aliphatic rings. The second kappa shape index (κ2) is 5.86. The number of aromatic nitrogens is 1. The number of hydrogen-bond donors (Lipinski definition) is 2. The molecular formula is C14H19N3O4S. The molecule has 1 aromatic carbocycles. The molecule has 0 aliphatic carbocycles. The number of nitrogens with zero attached hydrogens (tertiary/aromatic N) is 1. The molecule has 22 heavy (non-hydrogen) atoms. The molecule has 3 rings (SSSR count). The van der Waals surface area contributed by atoms with Gasteiger partial charge in [-0.05, 0) is 31.5 Å². The van der Waals surface area contributed by atoms with Crippen molar-refractivity contribution in [3.05, 3.63) is 28.7 Å². The molecule has 0 bridgehead atoms. The molecule has 0 saturated carbocycles. The van der Waals surface area contributed by atoms with Crippen LogP contribution in [0.5, 0.6) is 0 Å². The third kappa shape index (κ3) is 2.94. The van der Waals surface area contributed by atoms with Gasteiger partial charge in [0, 0.05) is 25.7 Å². The van der Waals surface area contributed by atoms with E-state index >= 15 is 0 Å². The van der Waals surface area contributed by atoms with E-state index in [1.165, 1.54) is 16.7 Å². The quantitative estimate of drug-likeness (QED) is 0.860. The molecule has 1 fully saturated rings. The van der Waals surface area contributed by atoms with Crippen LogP contribution in [-0.2, 0) is 17.1 Å². The van der Waals surface area contributed by atoms with Gasteiger partial charge in [0.1, 0.15) is 0 Å². The maximum absolute atomic E-state index is 12.5. The minimum Gasteiger partial charge on any atom is -0.408 e. The molecule has 1 aliphatic heterocycles. The average Bonchev–Trinajstić information content (AvgIpc) is 2.67. The summed E-state index contributed by atoms with van der Waals surface area (Å²) >= 11 is 0. The molecule has 8 heteroatoms. The number of rotatable bonds is 3. The van der Waals surface area contributed by atoms with Crippen LogP contribution in [0.1, 0.15) is 19.3 Å². The summed E-state index contributed by atoms with van der Waals surface area (Å²) < 4.78 is 34.1. The van der Waals surface area contributed by atoms with Crippen molar-refractivity contribution in [3.63, 3.8) is 0 Å². The second-order valence-corrected chi connectivity index (χ2v) is 7.29. The van der Waals surface area contributed by atoms with Gasteiger partial charge >= 0.3 is 5.76 Å². The lowest BCUT2D eigenvalue weighted by Crippen LogP contribution is -2.40. The monoisotopic (exact) mass is 325 g/mol. The van der Waals surface area contributed by atoms with Crippen LogP contribution in [0.4, 0.5) is 0 Å². The van der Waals surface area contributed by atoms with Gasteiger partial charge in [-0.25, -0.2) is 17.9 Å². The number of benzene rings is 1. The van der Waals surface area contributed by atoms with Crippen molar-refractivity contribution in [1.82, 2.24) is 14.6 Å². The van der Waals surface area contributed by atoms with Crippen LogP contribution in [0.3, 0.4) is 0 Å². The normalized spacial score (nSPS) is 20.1. The fraction of sp³-hybridized carbons (Fsp3) is 0.500. The summed E-state index contributed by atoms with van der Waals surface area (Å²) in [5.41, 5.74) is 0.842. The summed E-state index contributed by atoms with van der Waals surface area (Å²) in [7, 11) is -2.05. The molecule has 1 aromatic heterocycles. The smallest absolute Gasteiger partial charge is 0.408 e. The Morgan fingerprint density at radius 1 is 1.36 bits per heavy atom. The van der Waals surface area contributed by atoms with Crippen LogP contribution >= 0.6 is 0 Å². The van der Waals surface area contributed by atoms with Gasteiger partial charge in [0.05, 0.1) is 10.4 Å². The third-order valence-electron chi connectivity index (χ3n) is 3.94. The van der Waals surface area contributed by atoms with Crippen molar-refractivity contribution in [2.45, 2.75) is 30.2 Å². The highest BCUT2D eigenvalue weighted by Crippen LogP contribution is 2.18. The molecule has 1 atom stereocenters. The van der Waals surface area contributed by atoms with Crippen LogP contribution in [0.25, 0.3) is 11.1 Å². The summed E-state index contributed by atoms with van der Waals surface area (Å²) in [5, 5.41) is 3.22. The predicted octanol–water partition coefficient (Wildman–Crippen LogP) is 0.552. The number of sulfonamides is 1. The Morgan fingerprint density at radius 3 is 3.00 bits per heavy atom. The lowest BCUT2D eigenvalue weighted by Gasteiger charge is -2.16. The SMILES string of the molecule is Cn1c(=O)oc2cc(S(=O)(=O)NC3CCCCNC3)ccc21. The van der Waals surface area contributed by atoms with Crippen LogP contribution in [0, 0.1) is 0 Å². The van der Waals surface area contributed by atoms with E-state index in [-0.39, 0.29) is 16.5 Å². The number of hydrogen-bond acceptors (Lipinski definition) is 5. The van der Waals surface area contributed by atoms with E-state index in [4.69, 9.17) is 4.42 Å². The van der Waals surface area contributed by atoms with Crippen molar-refractivity contribution < 1.29 is 12.8 Å². The van der Waals surface area contributed by atoms with Gasteiger partial charge in [-0.2, -0.15) is 0 Å². The second-order valence-electron chi connectivity index (χ2n) is 5.57. The Labute approximate surface area is 128 Å². The number of oxazole rings is 1. The first-order valence-electron chi connectivity index (χ1n) is 7.30. The zero-order valence-electron chi connectivity index (χ0n) is 12.3. The van der Waals surface area contributed by atoms with Gasteiger partial charge < -0.3 is 9.73 Å². The van der Waals surface area contributed by atoms with Gasteiger partial charge in [0.15, 0.2) is 5.58 Å². The zero-order valence-corrected chi connectivity index (χ0v) is 13.1. The van der Waals surface area contributed by atoms with Gasteiger partial charge in [0.25, 0.3) is 0 Å². The first kappa shape index (κ1) is 15.3. The molecule has 0 radical (unpaired) electrons. The maximum atomic E-state index is 12.5. The topological polar surface area (TPSA) is 93.3 Å². The predicted molar refractivity (Wildman–Crippen MR) is 82.3 cm³/mol. The zero-order chi connectivity index (χ0) is 15.7. The fourth-order valence-electron chi connectivity index (χ4n) is 2.69. The first-order valence-corrected chi connectivity index (χ1v) is 8.78. The van der Waals surface area contributed by atoms with E-state index in [1.54, 1.807) is 13.1 Å². The lowest BCUT2D eigenvalue weighted by molar-refractivity contribution is 0.519. The van der Waals surface area contributed by atoms with E-state index in [2.05, 4.69) is 10.0 Å². The molecule has 2 heterocycles. The van der Waals surface area contributed by atoms with Crippen LogP contribution in [-0.4, -0.2) is 32.1 Å². The summed E-state index contributed by atoms with van der Waals surface area (Å²) in [4.78, 5) is 11.6. The maximum Gasteiger partial charge on any atom is 0.419 e. The highest BCUT2D eigenvalue weighted by Gasteiger charge is 2.22. The lowest BCUT2D eigenvalue weighted by atomic mass is 10.2. The van der Waals surface area contributed by atoms with E-state index < -0.39 is 15.8 Å². The standard InChI is InChI=1S/C14H19N3O4S/c1-17-12-6-5-11(8-13(12)21-14(17)18)22(19,20)16-10-4-2-3-7-15-9-10/h5-6,8,10,15-16H,2-4,7,9H2,1H3. The van der Waals surface area contributed by atoms with Crippen molar-refractivity contribution in [2.75, 3.05) is 13.1 Å². The molecular weight excluding hydrogens is 306 g/mol. The Morgan fingerprint density at radius 2 is 2.18 bits per heavy atom. The number of fused-ring (bicyclic) bond motifs is 1. The summed E-state index contributed by atoms with van der Waals surface area (Å²) in [6, 6.07) is 4.35. The minimum atomic E-state index is -3.63. The Kier molecular flexibility index (Phi) is 4.07. The van der Waals surface area contributed by atoms with Crippen LogP contribution in [0.15, 0.2) is 32.3 Å². The highest BCUT2D eigenvalue weighted by atomic mass is 32.2. The van der Waals surface area contributed by atoms with Crippen molar-refractivity contribution in [2.24, 2.45) is 7.05 Å². The van der Waals surface area contributed by atoms with Crippen molar-refractivity contribution in [3.8, 4) is 0 Å². The Hall–Kier alpha value is -1.64. The summed E-state index contributed by atoms with van der Waals surface area (Å²) in [6.07, 6.45) is 2.86.